The molecule has 0 aliphatic carbocycles. The van der Waals surface area contributed by atoms with Gasteiger partial charge in [0.25, 0.3) is 0 Å². The lowest BCUT2D eigenvalue weighted by atomic mass is 10.1. The molecule has 0 aliphatic heterocycles. The van der Waals surface area contributed by atoms with Gasteiger partial charge in [0.05, 0.1) is 6.42 Å². The average Bonchev–Trinajstić information content (AvgIpc) is 2.38. The van der Waals surface area contributed by atoms with Crippen molar-refractivity contribution in [1.82, 2.24) is 0 Å². The van der Waals surface area contributed by atoms with Crippen molar-refractivity contribution in [3.8, 4) is 0 Å². The number of para-hydroxylation sites is 1. The Balaban J connectivity index is 2.41. The maximum atomic E-state index is 11.0. The number of anilines is 2. The van der Waals surface area contributed by atoms with Gasteiger partial charge in [-0.1, -0.05) is 35.9 Å². The molecule has 98 valence electrons. The van der Waals surface area contributed by atoms with Crippen LogP contribution in [-0.4, -0.2) is 18.1 Å². The molecule has 0 bridgehead atoms. The Hall–Kier alpha value is -2.29. The summed E-state index contributed by atoms with van der Waals surface area (Å²) in [5.74, 6) is -0.812. The fourth-order valence-electron chi connectivity index (χ4n) is 2.14. The zero-order valence-electron chi connectivity index (χ0n) is 11.1. The van der Waals surface area contributed by atoms with E-state index in [9.17, 15) is 4.79 Å². The molecule has 3 heteroatoms. The van der Waals surface area contributed by atoms with Crippen LogP contribution in [0.3, 0.4) is 0 Å². The second-order valence-electron chi connectivity index (χ2n) is 4.60. The second-order valence-corrected chi connectivity index (χ2v) is 4.60. The van der Waals surface area contributed by atoms with Gasteiger partial charge in [0, 0.05) is 18.4 Å². The van der Waals surface area contributed by atoms with Crippen LogP contribution in [0.15, 0.2) is 48.5 Å². The molecule has 0 radical (unpaired) electrons. The summed E-state index contributed by atoms with van der Waals surface area (Å²) in [5.41, 5.74) is 3.87. The largest absolute Gasteiger partial charge is 0.481 e. The highest BCUT2D eigenvalue weighted by atomic mass is 16.4. The molecule has 1 N–H and O–H groups in total. The summed E-state index contributed by atoms with van der Waals surface area (Å²) >= 11 is 0. The van der Waals surface area contributed by atoms with E-state index in [-0.39, 0.29) is 6.42 Å². The van der Waals surface area contributed by atoms with Gasteiger partial charge in [-0.2, -0.15) is 0 Å². The molecular weight excluding hydrogens is 238 g/mol. The number of aliphatic carboxylic acids is 1. The number of carbonyl (C=O) groups is 1. The summed E-state index contributed by atoms with van der Waals surface area (Å²) < 4.78 is 0. The topological polar surface area (TPSA) is 40.5 Å². The predicted octanol–water partition coefficient (Wildman–Crippen LogP) is 3.39. The van der Waals surface area contributed by atoms with Gasteiger partial charge in [-0.3, -0.25) is 4.79 Å². The number of benzene rings is 2. The molecule has 0 saturated carbocycles. The van der Waals surface area contributed by atoms with Crippen molar-refractivity contribution in [3.05, 3.63) is 59.7 Å². The minimum Gasteiger partial charge on any atom is -0.481 e. The van der Waals surface area contributed by atoms with Crippen LogP contribution in [0.25, 0.3) is 0 Å². The molecule has 0 unspecified atom stereocenters. The van der Waals surface area contributed by atoms with Gasteiger partial charge >= 0.3 is 5.97 Å². The van der Waals surface area contributed by atoms with E-state index in [1.807, 2.05) is 67.4 Å². The van der Waals surface area contributed by atoms with E-state index in [1.165, 1.54) is 0 Å². The van der Waals surface area contributed by atoms with E-state index in [1.54, 1.807) is 0 Å². The molecular formula is C16H17NO2. The Morgan fingerprint density at radius 1 is 1.16 bits per heavy atom. The van der Waals surface area contributed by atoms with Crippen molar-refractivity contribution in [2.24, 2.45) is 0 Å². The molecule has 19 heavy (non-hydrogen) atoms. The van der Waals surface area contributed by atoms with Crippen molar-refractivity contribution in [3.63, 3.8) is 0 Å². The van der Waals surface area contributed by atoms with Gasteiger partial charge in [-0.25, -0.2) is 0 Å². The van der Waals surface area contributed by atoms with Gasteiger partial charge in [-0.15, -0.1) is 0 Å². The Bertz CT molecular complexity index is 579. The Labute approximate surface area is 113 Å². The van der Waals surface area contributed by atoms with E-state index >= 15 is 0 Å². The van der Waals surface area contributed by atoms with Crippen molar-refractivity contribution in [1.29, 1.82) is 0 Å². The molecule has 2 aromatic rings. The SMILES string of the molecule is Cc1ccc(N(C)c2ccccc2)c(CC(=O)O)c1. The number of rotatable bonds is 4. The van der Waals surface area contributed by atoms with Crippen LogP contribution in [0, 0.1) is 6.92 Å². The molecule has 0 heterocycles. The number of carboxylic acid groups (broad SMARTS) is 1. The number of nitrogens with zero attached hydrogens (tertiary/aromatic N) is 1. The van der Waals surface area contributed by atoms with Crippen LogP contribution < -0.4 is 4.90 Å². The van der Waals surface area contributed by atoms with Crippen LogP contribution in [0.1, 0.15) is 11.1 Å². The zero-order chi connectivity index (χ0) is 13.8. The van der Waals surface area contributed by atoms with E-state index in [2.05, 4.69) is 0 Å². The molecule has 0 fully saturated rings. The third kappa shape index (κ3) is 3.13. The van der Waals surface area contributed by atoms with Gasteiger partial charge in [0.2, 0.25) is 0 Å². The molecule has 0 spiro atoms. The Morgan fingerprint density at radius 3 is 2.47 bits per heavy atom. The predicted molar refractivity (Wildman–Crippen MR) is 77.0 cm³/mol. The lowest BCUT2D eigenvalue weighted by Crippen LogP contribution is -2.13. The number of aryl methyl sites for hydroxylation is 1. The Kier molecular flexibility index (Phi) is 3.85. The summed E-state index contributed by atoms with van der Waals surface area (Å²) in [7, 11) is 1.95. The van der Waals surface area contributed by atoms with Crippen molar-refractivity contribution in [2.45, 2.75) is 13.3 Å². The molecule has 2 rings (SSSR count). The molecule has 0 aromatic heterocycles. The molecule has 0 amide bonds. The highest BCUT2D eigenvalue weighted by molar-refractivity contribution is 5.76. The minimum atomic E-state index is -0.812. The summed E-state index contributed by atoms with van der Waals surface area (Å²) in [6.45, 7) is 1.97. The van der Waals surface area contributed by atoms with E-state index in [0.717, 1.165) is 22.5 Å². The first-order valence-corrected chi connectivity index (χ1v) is 6.18. The van der Waals surface area contributed by atoms with Crippen LogP contribution in [0.4, 0.5) is 11.4 Å². The third-order valence-electron chi connectivity index (χ3n) is 3.08. The highest BCUT2D eigenvalue weighted by Crippen LogP contribution is 2.28. The van der Waals surface area contributed by atoms with Gasteiger partial charge < -0.3 is 10.0 Å². The van der Waals surface area contributed by atoms with Gasteiger partial charge in [-0.05, 0) is 30.7 Å². The van der Waals surface area contributed by atoms with Crippen molar-refractivity contribution in [2.75, 3.05) is 11.9 Å². The first-order chi connectivity index (χ1) is 9.08. The zero-order valence-corrected chi connectivity index (χ0v) is 11.1. The lowest BCUT2D eigenvalue weighted by Gasteiger charge is -2.22. The van der Waals surface area contributed by atoms with Crippen LogP contribution in [0.5, 0.6) is 0 Å². The standard InChI is InChI=1S/C16H17NO2/c1-12-8-9-15(13(10-12)11-16(18)19)17(2)14-6-4-3-5-7-14/h3-10H,11H2,1-2H3,(H,18,19). The van der Waals surface area contributed by atoms with Crippen LogP contribution in [0.2, 0.25) is 0 Å². The van der Waals surface area contributed by atoms with Crippen molar-refractivity contribution >= 4 is 17.3 Å². The monoisotopic (exact) mass is 255 g/mol. The maximum absolute atomic E-state index is 11.0. The molecule has 0 saturated heterocycles. The Morgan fingerprint density at radius 2 is 1.84 bits per heavy atom. The summed E-state index contributed by atoms with van der Waals surface area (Å²) in [6, 6.07) is 15.8. The van der Waals surface area contributed by atoms with Crippen molar-refractivity contribution < 1.29 is 9.90 Å². The summed E-state index contributed by atoms with van der Waals surface area (Å²) in [6.07, 6.45) is 0.0359. The quantitative estimate of drug-likeness (QED) is 0.910. The number of hydrogen-bond donors (Lipinski definition) is 1. The first kappa shape index (κ1) is 13.1. The number of hydrogen-bond acceptors (Lipinski definition) is 2. The molecule has 3 nitrogen and oxygen atoms in total. The molecule has 0 aliphatic rings. The van der Waals surface area contributed by atoms with Gasteiger partial charge in [0.1, 0.15) is 0 Å². The third-order valence-corrected chi connectivity index (χ3v) is 3.08. The summed E-state index contributed by atoms with van der Waals surface area (Å²) in [5, 5.41) is 9.02. The smallest absolute Gasteiger partial charge is 0.307 e. The van der Waals surface area contributed by atoms with Crippen LogP contribution in [-0.2, 0) is 11.2 Å². The molecule has 2 aromatic carbocycles. The lowest BCUT2D eigenvalue weighted by molar-refractivity contribution is -0.136. The van der Waals surface area contributed by atoms with Crippen LogP contribution >= 0.6 is 0 Å². The minimum absolute atomic E-state index is 0.0359. The second kappa shape index (κ2) is 5.57. The summed E-state index contributed by atoms with van der Waals surface area (Å²) in [4.78, 5) is 13.0. The molecule has 0 atom stereocenters. The maximum Gasteiger partial charge on any atom is 0.307 e. The van der Waals surface area contributed by atoms with E-state index in [4.69, 9.17) is 5.11 Å². The fraction of sp³-hybridized carbons (Fsp3) is 0.188. The van der Waals surface area contributed by atoms with Gasteiger partial charge in [0.15, 0.2) is 0 Å². The van der Waals surface area contributed by atoms with E-state index in [0.29, 0.717) is 0 Å². The number of carboxylic acids is 1. The normalized spacial score (nSPS) is 10.2. The fourth-order valence-corrected chi connectivity index (χ4v) is 2.14. The highest BCUT2D eigenvalue weighted by Gasteiger charge is 2.11. The average molecular weight is 255 g/mol. The first-order valence-electron chi connectivity index (χ1n) is 6.18. The van der Waals surface area contributed by atoms with E-state index < -0.39 is 5.97 Å².